The topological polar surface area (TPSA) is 44.8 Å². The maximum atomic E-state index is 11.3. The summed E-state index contributed by atoms with van der Waals surface area (Å²) in [6.07, 6.45) is 0. The zero-order valence-electron chi connectivity index (χ0n) is 8.20. The van der Waals surface area contributed by atoms with Gasteiger partial charge in [-0.05, 0) is 20.8 Å². The average Bonchev–Trinajstić information content (AvgIpc) is 1.88. The van der Waals surface area contributed by atoms with E-state index in [0.29, 0.717) is 19.8 Å². The van der Waals surface area contributed by atoms with Crippen LogP contribution < -0.4 is 0 Å². The summed E-state index contributed by atoms with van der Waals surface area (Å²) in [5.74, 6) is 0. The molecule has 0 aliphatic heterocycles. The van der Waals surface area contributed by atoms with E-state index >= 15 is 0 Å². The number of hydrogen-bond acceptors (Lipinski definition) is 4. The summed E-state index contributed by atoms with van der Waals surface area (Å²) < 4.78 is 25.8. The van der Waals surface area contributed by atoms with Crippen LogP contribution in [0.1, 0.15) is 20.8 Å². The predicted molar refractivity (Wildman–Crippen MR) is 48.2 cm³/mol. The van der Waals surface area contributed by atoms with Crippen molar-refractivity contribution in [2.45, 2.75) is 20.8 Å². The Bertz CT molecular complexity index is 118. The molecule has 0 N–H and O–H groups in total. The van der Waals surface area contributed by atoms with E-state index in [2.05, 4.69) is 0 Å². The van der Waals surface area contributed by atoms with Crippen molar-refractivity contribution in [3.05, 3.63) is 0 Å². The van der Waals surface area contributed by atoms with Gasteiger partial charge >= 0.3 is 7.82 Å². The van der Waals surface area contributed by atoms with Crippen LogP contribution in [0.2, 0.25) is 0 Å². The maximum absolute atomic E-state index is 11.3. The first-order chi connectivity index (χ1) is 5.18. The van der Waals surface area contributed by atoms with Crippen LogP contribution in [0.4, 0.5) is 0 Å². The first kappa shape index (κ1) is 15.6. The molecule has 69 valence electrons. The molecule has 0 bridgehead atoms. The summed E-state index contributed by atoms with van der Waals surface area (Å²) in [6, 6.07) is 0. The van der Waals surface area contributed by atoms with E-state index < -0.39 is 7.82 Å². The first-order valence-corrected chi connectivity index (χ1v) is 5.18. The zero-order valence-corrected chi connectivity index (χ0v) is 11.1. The van der Waals surface area contributed by atoms with Gasteiger partial charge in [-0.1, -0.05) is 0 Å². The molecule has 0 amide bonds. The summed E-state index contributed by atoms with van der Waals surface area (Å²) in [7, 11) is -3.22. The Morgan fingerprint density at radius 2 is 1.17 bits per heavy atom. The molecule has 1 radical (unpaired) electrons. The van der Waals surface area contributed by atoms with Gasteiger partial charge < -0.3 is 0 Å². The molecule has 0 aromatic carbocycles. The number of rotatable bonds is 6. The van der Waals surface area contributed by atoms with Gasteiger partial charge in [0.2, 0.25) is 0 Å². The third-order valence-electron chi connectivity index (χ3n) is 0.862. The molecule has 0 heterocycles. The third kappa shape index (κ3) is 6.61. The van der Waals surface area contributed by atoms with Crippen molar-refractivity contribution < 1.29 is 18.1 Å². The zero-order chi connectivity index (χ0) is 8.74. The summed E-state index contributed by atoms with van der Waals surface area (Å²) in [4.78, 5) is 0. The molecule has 0 spiro atoms. The van der Waals surface area contributed by atoms with Crippen molar-refractivity contribution >= 4 is 37.4 Å². The van der Waals surface area contributed by atoms with Crippen molar-refractivity contribution in [3.8, 4) is 0 Å². The fraction of sp³-hybridized carbons (Fsp3) is 1.00. The van der Waals surface area contributed by atoms with Gasteiger partial charge in [0.1, 0.15) is 0 Å². The van der Waals surface area contributed by atoms with E-state index in [4.69, 9.17) is 13.6 Å². The Morgan fingerprint density at radius 3 is 1.33 bits per heavy atom. The molecule has 0 fully saturated rings. The van der Waals surface area contributed by atoms with Crippen LogP contribution in [0, 0.1) is 0 Å². The second kappa shape index (κ2) is 8.70. The van der Waals surface area contributed by atoms with Crippen LogP contribution in [0.15, 0.2) is 0 Å². The molecular formula is C6H15NaO4P. The molecule has 12 heavy (non-hydrogen) atoms. The Morgan fingerprint density at radius 1 is 0.917 bits per heavy atom. The van der Waals surface area contributed by atoms with Gasteiger partial charge in [0.25, 0.3) is 0 Å². The van der Waals surface area contributed by atoms with Crippen LogP contribution in [0.5, 0.6) is 0 Å². The summed E-state index contributed by atoms with van der Waals surface area (Å²) in [5, 5.41) is 0. The Hall–Kier alpha value is 1.11. The molecule has 0 unspecified atom stereocenters. The smallest absolute Gasteiger partial charge is 0.287 e. The monoisotopic (exact) mass is 205 g/mol. The van der Waals surface area contributed by atoms with Gasteiger partial charge in [-0.3, -0.25) is 13.6 Å². The van der Waals surface area contributed by atoms with Gasteiger partial charge in [0.05, 0.1) is 19.8 Å². The molecule has 0 rings (SSSR count). The van der Waals surface area contributed by atoms with Gasteiger partial charge in [0.15, 0.2) is 0 Å². The SMILES string of the molecule is CCOP(=O)(OCC)OCC.[Na]. The second-order valence-electron chi connectivity index (χ2n) is 1.70. The Balaban J connectivity index is 0. The molecular weight excluding hydrogens is 190 g/mol. The normalized spacial score (nSPS) is 10.9. The van der Waals surface area contributed by atoms with E-state index in [1.807, 2.05) is 0 Å². The molecule has 6 heteroatoms. The summed E-state index contributed by atoms with van der Waals surface area (Å²) in [5.41, 5.74) is 0. The molecule has 4 nitrogen and oxygen atoms in total. The molecule has 0 aliphatic carbocycles. The Kier molecular flexibility index (Phi) is 11.3. The minimum absolute atomic E-state index is 0. The molecule has 0 saturated heterocycles. The number of phosphoric acid groups is 1. The van der Waals surface area contributed by atoms with Crippen LogP contribution >= 0.6 is 7.82 Å². The van der Waals surface area contributed by atoms with Crippen LogP contribution in [0.25, 0.3) is 0 Å². The van der Waals surface area contributed by atoms with Crippen molar-refractivity contribution in [1.29, 1.82) is 0 Å². The van der Waals surface area contributed by atoms with Crippen molar-refractivity contribution in [2.75, 3.05) is 19.8 Å². The van der Waals surface area contributed by atoms with E-state index in [1.165, 1.54) is 0 Å². The minimum Gasteiger partial charge on any atom is -0.287 e. The number of hydrogen-bond donors (Lipinski definition) is 0. The Labute approximate surface area is 95.9 Å². The first-order valence-electron chi connectivity index (χ1n) is 3.72. The standard InChI is InChI=1S/C6H15O4P.Na/c1-4-8-11(7,9-5-2)10-6-3;/h4-6H2,1-3H3;. The van der Waals surface area contributed by atoms with Gasteiger partial charge in [-0.2, -0.15) is 0 Å². The van der Waals surface area contributed by atoms with Crippen LogP contribution in [-0.2, 0) is 18.1 Å². The van der Waals surface area contributed by atoms with E-state index in [9.17, 15) is 4.57 Å². The van der Waals surface area contributed by atoms with Crippen molar-refractivity contribution in [2.24, 2.45) is 0 Å². The van der Waals surface area contributed by atoms with Gasteiger partial charge in [-0.15, -0.1) is 0 Å². The second-order valence-corrected chi connectivity index (χ2v) is 3.37. The number of phosphoric ester groups is 1. The average molecular weight is 205 g/mol. The summed E-state index contributed by atoms with van der Waals surface area (Å²) >= 11 is 0. The fourth-order valence-corrected chi connectivity index (χ4v) is 1.76. The van der Waals surface area contributed by atoms with Gasteiger partial charge in [0, 0.05) is 29.6 Å². The quantitative estimate of drug-likeness (QED) is 0.490. The maximum Gasteiger partial charge on any atom is 0.474 e. The van der Waals surface area contributed by atoms with Crippen molar-refractivity contribution in [1.82, 2.24) is 0 Å². The molecule has 0 aromatic rings. The molecule has 0 saturated carbocycles. The third-order valence-corrected chi connectivity index (χ3v) is 2.58. The molecule has 0 atom stereocenters. The molecule has 0 aromatic heterocycles. The van der Waals surface area contributed by atoms with E-state index in [-0.39, 0.29) is 29.6 Å². The van der Waals surface area contributed by atoms with Crippen LogP contribution in [0.3, 0.4) is 0 Å². The fourth-order valence-electron chi connectivity index (χ4n) is 0.586. The summed E-state index contributed by atoms with van der Waals surface area (Å²) in [6.45, 7) is 6.21. The van der Waals surface area contributed by atoms with E-state index in [0.717, 1.165) is 0 Å². The van der Waals surface area contributed by atoms with Crippen molar-refractivity contribution in [3.63, 3.8) is 0 Å². The largest absolute Gasteiger partial charge is 0.474 e. The predicted octanol–water partition coefficient (Wildman–Crippen LogP) is 1.82. The van der Waals surface area contributed by atoms with Gasteiger partial charge in [-0.25, -0.2) is 4.57 Å². The minimum atomic E-state index is -3.22. The van der Waals surface area contributed by atoms with Crippen LogP contribution in [-0.4, -0.2) is 49.4 Å². The van der Waals surface area contributed by atoms with E-state index in [1.54, 1.807) is 20.8 Å². The molecule has 0 aliphatic rings.